The maximum atomic E-state index is 11.4. The molecule has 0 radical (unpaired) electrons. The number of rotatable bonds is 4. The lowest BCUT2D eigenvalue weighted by molar-refractivity contribution is 0.0699. The van der Waals surface area contributed by atoms with Gasteiger partial charge in [-0.3, -0.25) is 0 Å². The molecule has 0 aliphatic rings. The topological polar surface area (TPSA) is 42.2 Å². The molecule has 0 bridgehead atoms. The Hall–Kier alpha value is -2.55. The van der Waals surface area contributed by atoms with Crippen molar-refractivity contribution in [2.45, 2.75) is 12.8 Å². The van der Waals surface area contributed by atoms with Crippen LogP contribution in [0.5, 0.6) is 0 Å². The molecule has 106 valence electrons. The van der Waals surface area contributed by atoms with Crippen LogP contribution in [-0.4, -0.2) is 15.6 Å². The van der Waals surface area contributed by atoms with E-state index in [1.807, 2.05) is 42.1 Å². The summed E-state index contributed by atoms with van der Waals surface area (Å²) in [5.41, 5.74) is 3.71. The van der Waals surface area contributed by atoms with Crippen LogP contribution >= 0.6 is 0 Å². The van der Waals surface area contributed by atoms with Crippen molar-refractivity contribution in [1.82, 2.24) is 4.57 Å². The minimum Gasteiger partial charge on any atom is -0.478 e. The van der Waals surface area contributed by atoms with Gasteiger partial charge < -0.3 is 9.67 Å². The fourth-order valence-electron chi connectivity index (χ4n) is 2.83. The number of carbonyl (C=O) groups is 1. The smallest absolute Gasteiger partial charge is 0.336 e. The van der Waals surface area contributed by atoms with E-state index in [-0.39, 0.29) is 0 Å². The number of carboxylic acid groups (broad SMARTS) is 1. The third kappa shape index (κ3) is 2.55. The van der Waals surface area contributed by atoms with Crippen molar-refractivity contribution < 1.29 is 9.90 Å². The summed E-state index contributed by atoms with van der Waals surface area (Å²) in [6.07, 6.45) is 3.79. The predicted molar refractivity (Wildman–Crippen MR) is 83.7 cm³/mol. The molecular formula is C18H17NO2. The standard InChI is InChI=1S/C18H17NO2/c1-19-12-14(11-10-13-6-3-2-4-7-13)17-15(18(20)21)8-5-9-16(17)19/h2-9,12H,10-11H2,1H3,(H,20,21). The number of benzene rings is 2. The van der Waals surface area contributed by atoms with Gasteiger partial charge in [0.05, 0.1) is 5.56 Å². The van der Waals surface area contributed by atoms with Gasteiger partial charge in [0.2, 0.25) is 0 Å². The molecule has 0 spiro atoms. The first-order valence-electron chi connectivity index (χ1n) is 7.01. The van der Waals surface area contributed by atoms with Crippen molar-refractivity contribution in [1.29, 1.82) is 0 Å². The van der Waals surface area contributed by atoms with Gasteiger partial charge in [-0.1, -0.05) is 36.4 Å². The highest BCUT2D eigenvalue weighted by molar-refractivity contribution is 6.04. The van der Waals surface area contributed by atoms with E-state index in [0.717, 1.165) is 29.3 Å². The van der Waals surface area contributed by atoms with E-state index >= 15 is 0 Å². The second-order valence-corrected chi connectivity index (χ2v) is 5.26. The van der Waals surface area contributed by atoms with Gasteiger partial charge in [-0.05, 0) is 36.1 Å². The monoisotopic (exact) mass is 279 g/mol. The molecule has 0 amide bonds. The molecular weight excluding hydrogens is 262 g/mol. The molecule has 1 aromatic heterocycles. The van der Waals surface area contributed by atoms with Crippen LogP contribution in [0.15, 0.2) is 54.7 Å². The quantitative estimate of drug-likeness (QED) is 0.792. The fraction of sp³-hybridized carbons (Fsp3) is 0.167. The van der Waals surface area contributed by atoms with Crippen molar-refractivity contribution in [3.8, 4) is 0 Å². The minimum absolute atomic E-state index is 0.385. The molecule has 2 aromatic carbocycles. The highest BCUT2D eigenvalue weighted by Gasteiger charge is 2.14. The Bertz CT molecular complexity index is 788. The maximum Gasteiger partial charge on any atom is 0.336 e. The summed E-state index contributed by atoms with van der Waals surface area (Å²) in [5.74, 6) is -0.868. The number of carboxylic acids is 1. The molecule has 0 aliphatic carbocycles. The maximum absolute atomic E-state index is 11.4. The Morgan fingerprint density at radius 1 is 1.05 bits per heavy atom. The number of hydrogen-bond acceptors (Lipinski definition) is 1. The van der Waals surface area contributed by atoms with E-state index in [0.29, 0.717) is 5.56 Å². The first-order valence-corrected chi connectivity index (χ1v) is 7.01. The van der Waals surface area contributed by atoms with Crippen molar-refractivity contribution in [3.05, 3.63) is 71.4 Å². The average molecular weight is 279 g/mol. The van der Waals surface area contributed by atoms with Gasteiger partial charge in [0, 0.05) is 24.1 Å². The molecule has 0 saturated heterocycles. The van der Waals surface area contributed by atoms with E-state index in [4.69, 9.17) is 0 Å². The number of aromatic carboxylic acids is 1. The fourth-order valence-corrected chi connectivity index (χ4v) is 2.83. The van der Waals surface area contributed by atoms with Gasteiger partial charge >= 0.3 is 5.97 Å². The number of hydrogen-bond donors (Lipinski definition) is 1. The van der Waals surface area contributed by atoms with Gasteiger partial charge in [-0.15, -0.1) is 0 Å². The van der Waals surface area contributed by atoms with E-state index in [1.54, 1.807) is 12.1 Å². The summed E-state index contributed by atoms with van der Waals surface area (Å²) in [4.78, 5) is 11.4. The van der Waals surface area contributed by atoms with Crippen molar-refractivity contribution >= 4 is 16.9 Å². The van der Waals surface area contributed by atoms with E-state index < -0.39 is 5.97 Å². The number of fused-ring (bicyclic) bond motifs is 1. The van der Waals surface area contributed by atoms with Crippen molar-refractivity contribution in [2.24, 2.45) is 7.05 Å². The molecule has 3 heteroatoms. The minimum atomic E-state index is -0.868. The second-order valence-electron chi connectivity index (χ2n) is 5.26. The molecule has 3 aromatic rings. The summed E-state index contributed by atoms with van der Waals surface area (Å²) >= 11 is 0. The largest absolute Gasteiger partial charge is 0.478 e. The number of aryl methyl sites for hydroxylation is 3. The molecule has 0 atom stereocenters. The predicted octanol–water partition coefficient (Wildman–Crippen LogP) is 3.66. The first kappa shape index (κ1) is 13.4. The lowest BCUT2D eigenvalue weighted by atomic mass is 10.0. The Morgan fingerprint density at radius 2 is 1.81 bits per heavy atom. The SMILES string of the molecule is Cn1cc(CCc2ccccc2)c2c(C(=O)O)cccc21. The highest BCUT2D eigenvalue weighted by Crippen LogP contribution is 2.26. The van der Waals surface area contributed by atoms with E-state index in [1.165, 1.54) is 5.56 Å². The van der Waals surface area contributed by atoms with E-state index in [2.05, 4.69) is 12.1 Å². The summed E-state index contributed by atoms with van der Waals surface area (Å²) in [7, 11) is 1.96. The summed E-state index contributed by atoms with van der Waals surface area (Å²) in [5, 5.41) is 10.3. The zero-order valence-electron chi connectivity index (χ0n) is 11.9. The summed E-state index contributed by atoms with van der Waals surface area (Å²) in [6, 6.07) is 15.7. The summed E-state index contributed by atoms with van der Waals surface area (Å²) < 4.78 is 2.00. The Labute approximate surface area is 123 Å². The molecule has 0 saturated carbocycles. The Morgan fingerprint density at radius 3 is 2.52 bits per heavy atom. The number of nitrogens with zero attached hydrogens (tertiary/aromatic N) is 1. The van der Waals surface area contributed by atoms with Crippen LogP contribution in [0.4, 0.5) is 0 Å². The van der Waals surface area contributed by atoms with Crippen LogP contribution < -0.4 is 0 Å². The molecule has 3 nitrogen and oxygen atoms in total. The molecule has 1 heterocycles. The molecule has 0 fully saturated rings. The zero-order chi connectivity index (χ0) is 14.8. The van der Waals surface area contributed by atoms with Crippen LogP contribution in [0.3, 0.4) is 0 Å². The molecule has 0 aliphatic heterocycles. The summed E-state index contributed by atoms with van der Waals surface area (Å²) in [6.45, 7) is 0. The van der Waals surface area contributed by atoms with Crippen LogP contribution in [-0.2, 0) is 19.9 Å². The van der Waals surface area contributed by atoms with Gasteiger partial charge in [0.25, 0.3) is 0 Å². The molecule has 1 N–H and O–H groups in total. The number of aromatic nitrogens is 1. The van der Waals surface area contributed by atoms with Crippen molar-refractivity contribution in [2.75, 3.05) is 0 Å². The van der Waals surface area contributed by atoms with Gasteiger partial charge in [-0.25, -0.2) is 4.79 Å². The molecule has 3 rings (SSSR count). The average Bonchev–Trinajstić information content (AvgIpc) is 2.83. The first-order chi connectivity index (χ1) is 10.2. The molecule has 0 unspecified atom stereocenters. The van der Waals surface area contributed by atoms with Gasteiger partial charge in [0.15, 0.2) is 0 Å². The molecule has 21 heavy (non-hydrogen) atoms. The normalized spacial score (nSPS) is 10.9. The third-order valence-electron chi connectivity index (χ3n) is 3.85. The van der Waals surface area contributed by atoms with Crippen LogP contribution in [0, 0.1) is 0 Å². The van der Waals surface area contributed by atoms with Crippen molar-refractivity contribution in [3.63, 3.8) is 0 Å². The third-order valence-corrected chi connectivity index (χ3v) is 3.85. The zero-order valence-corrected chi connectivity index (χ0v) is 11.9. The highest BCUT2D eigenvalue weighted by atomic mass is 16.4. The second kappa shape index (κ2) is 5.44. The van der Waals surface area contributed by atoms with Crippen LogP contribution in [0.25, 0.3) is 10.9 Å². The van der Waals surface area contributed by atoms with Gasteiger partial charge in [0.1, 0.15) is 0 Å². The van der Waals surface area contributed by atoms with Crippen LogP contribution in [0.2, 0.25) is 0 Å². The van der Waals surface area contributed by atoms with Gasteiger partial charge in [-0.2, -0.15) is 0 Å². The van der Waals surface area contributed by atoms with Crippen LogP contribution in [0.1, 0.15) is 21.5 Å². The lowest BCUT2D eigenvalue weighted by Gasteiger charge is -2.03. The Balaban J connectivity index is 2.00. The Kier molecular flexibility index (Phi) is 3.48. The van der Waals surface area contributed by atoms with E-state index in [9.17, 15) is 9.90 Å². The lowest BCUT2D eigenvalue weighted by Crippen LogP contribution is -1.99.